The molecule has 6 nitrogen and oxygen atoms in total. The van der Waals surface area contributed by atoms with Crippen LogP contribution >= 0.6 is 0 Å². The van der Waals surface area contributed by atoms with E-state index in [-0.39, 0.29) is 31.4 Å². The first-order valence-corrected chi connectivity index (χ1v) is 10.0. The van der Waals surface area contributed by atoms with Crippen molar-refractivity contribution in [3.63, 3.8) is 0 Å². The predicted octanol–water partition coefficient (Wildman–Crippen LogP) is 2.74. The summed E-state index contributed by atoms with van der Waals surface area (Å²) in [5, 5.41) is 5.59. The summed E-state index contributed by atoms with van der Waals surface area (Å²) >= 11 is 0. The fraction of sp³-hybridized carbons (Fsp3) is 0.364. The fourth-order valence-corrected chi connectivity index (χ4v) is 3.42. The summed E-state index contributed by atoms with van der Waals surface area (Å²) in [6, 6.07) is 16.2. The van der Waals surface area contributed by atoms with Gasteiger partial charge in [0, 0.05) is 32.7 Å². The standard InChI is InChI=1S/C22H25F3N4O2/c23-22(24,25)16-29-12-10-28(11-13-29)15-20(30)27-19-9-5-4-8-18(19)21(31)26-14-17-6-2-1-3-7-17/h1-9H,10-16H2,(H,26,31)(H,27,30). The second kappa shape index (κ2) is 10.4. The maximum atomic E-state index is 12.6. The quantitative estimate of drug-likeness (QED) is 0.704. The van der Waals surface area contributed by atoms with Crippen LogP contribution in [0.4, 0.5) is 18.9 Å². The van der Waals surface area contributed by atoms with Crippen LogP contribution in [-0.4, -0.2) is 67.1 Å². The average Bonchev–Trinajstić information content (AvgIpc) is 2.73. The molecule has 1 aliphatic heterocycles. The third-order valence-electron chi connectivity index (χ3n) is 4.98. The highest BCUT2D eigenvalue weighted by Crippen LogP contribution is 2.18. The summed E-state index contributed by atoms with van der Waals surface area (Å²) < 4.78 is 37.5. The summed E-state index contributed by atoms with van der Waals surface area (Å²) in [5.74, 6) is -0.618. The number of para-hydroxylation sites is 1. The summed E-state index contributed by atoms with van der Waals surface area (Å²) in [4.78, 5) is 28.2. The van der Waals surface area contributed by atoms with Gasteiger partial charge in [0.2, 0.25) is 5.91 Å². The van der Waals surface area contributed by atoms with E-state index >= 15 is 0 Å². The molecular formula is C22H25F3N4O2. The van der Waals surface area contributed by atoms with E-state index in [0.717, 1.165) is 5.56 Å². The second-order valence-corrected chi connectivity index (χ2v) is 7.43. The molecule has 1 fully saturated rings. The number of halogens is 3. The molecule has 0 spiro atoms. The molecule has 31 heavy (non-hydrogen) atoms. The van der Waals surface area contributed by atoms with E-state index in [9.17, 15) is 22.8 Å². The Bertz CT molecular complexity index is 882. The molecule has 166 valence electrons. The normalized spacial score (nSPS) is 15.5. The molecule has 2 aromatic rings. The van der Waals surface area contributed by atoms with Crippen LogP contribution in [0.1, 0.15) is 15.9 Å². The molecule has 0 radical (unpaired) electrons. The fourth-order valence-electron chi connectivity index (χ4n) is 3.42. The maximum Gasteiger partial charge on any atom is 0.401 e. The Balaban J connectivity index is 1.51. The van der Waals surface area contributed by atoms with Crippen molar-refractivity contribution in [2.75, 3.05) is 44.6 Å². The van der Waals surface area contributed by atoms with Crippen LogP contribution in [0.3, 0.4) is 0 Å². The SMILES string of the molecule is O=C(CN1CCN(CC(F)(F)F)CC1)Nc1ccccc1C(=O)NCc1ccccc1. The highest BCUT2D eigenvalue weighted by molar-refractivity contribution is 6.04. The number of rotatable bonds is 7. The number of carbonyl (C=O) groups excluding carboxylic acids is 2. The lowest BCUT2D eigenvalue weighted by molar-refractivity contribution is -0.149. The number of carbonyl (C=O) groups is 2. The number of hydrogen-bond acceptors (Lipinski definition) is 4. The number of benzene rings is 2. The molecule has 0 atom stereocenters. The number of anilines is 1. The van der Waals surface area contributed by atoms with E-state index in [0.29, 0.717) is 30.9 Å². The Kier molecular flexibility index (Phi) is 7.64. The molecule has 9 heteroatoms. The predicted molar refractivity (Wildman–Crippen MR) is 112 cm³/mol. The van der Waals surface area contributed by atoms with Crippen molar-refractivity contribution in [2.24, 2.45) is 0 Å². The van der Waals surface area contributed by atoms with E-state index < -0.39 is 12.7 Å². The molecule has 0 saturated carbocycles. The van der Waals surface area contributed by atoms with Crippen molar-refractivity contribution in [1.29, 1.82) is 0 Å². The van der Waals surface area contributed by atoms with E-state index in [4.69, 9.17) is 0 Å². The Morgan fingerprint density at radius 3 is 2.16 bits per heavy atom. The molecular weight excluding hydrogens is 409 g/mol. The smallest absolute Gasteiger partial charge is 0.348 e. The Labute approximate surface area is 179 Å². The van der Waals surface area contributed by atoms with Gasteiger partial charge >= 0.3 is 6.18 Å². The number of alkyl halides is 3. The zero-order chi connectivity index (χ0) is 22.3. The van der Waals surface area contributed by atoms with E-state index in [1.165, 1.54) is 4.90 Å². The number of nitrogens with zero attached hydrogens (tertiary/aromatic N) is 2. The van der Waals surface area contributed by atoms with Crippen LogP contribution < -0.4 is 10.6 Å². The van der Waals surface area contributed by atoms with Gasteiger partial charge in [-0.3, -0.25) is 19.4 Å². The highest BCUT2D eigenvalue weighted by Gasteiger charge is 2.32. The van der Waals surface area contributed by atoms with Crippen molar-refractivity contribution in [3.05, 3.63) is 65.7 Å². The third-order valence-corrected chi connectivity index (χ3v) is 4.98. The number of hydrogen-bond donors (Lipinski definition) is 2. The lowest BCUT2D eigenvalue weighted by Crippen LogP contribution is -2.50. The summed E-state index contributed by atoms with van der Waals surface area (Å²) in [7, 11) is 0. The molecule has 3 rings (SSSR count). The van der Waals surface area contributed by atoms with Crippen LogP contribution in [0.15, 0.2) is 54.6 Å². The molecule has 2 aromatic carbocycles. The Morgan fingerprint density at radius 2 is 1.48 bits per heavy atom. The Hall–Kier alpha value is -2.91. The van der Waals surface area contributed by atoms with Gasteiger partial charge in [-0.05, 0) is 17.7 Å². The number of piperazine rings is 1. The molecule has 2 amide bonds. The zero-order valence-corrected chi connectivity index (χ0v) is 17.0. The molecule has 0 aromatic heterocycles. The van der Waals surface area contributed by atoms with Gasteiger partial charge in [0.25, 0.3) is 5.91 Å². The van der Waals surface area contributed by atoms with Gasteiger partial charge in [0.05, 0.1) is 24.3 Å². The summed E-state index contributed by atoms with van der Waals surface area (Å²) in [6.45, 7) is 0.754. The molecule has 0 aliphatic carbocycles. The van der Waals surface area contributed by atoms with Gasteiger partial charge in [0.1, 0.15) is 0 Å². The average molecular weight is 434 g/mol. The van der Waals surface area contributed by atoms with Crippen molar-refractivity contribution in [1.82, 2.24) is 15.1 Å². The van der Waals surface area contributed by atoms with Crippen molar-refractivity contribution >= 4 is 17.5 Å². The minimum Gasteiger partial charge on any atom is -0.348 e. The maximum absolute atomic E-state index is 12.6. The Morgan fingerprint density at radius 1 is 0.871 bits per heavy atom. The van der Waals surface area contributed by atoms with Crippen LogP contribution in [0.2, 0.25) is 0 Å². The second-order valence-electron chi connectivity index (χ2n) is 7.43. The lowest BCUT2D eigenvalue weighted by Gasteiger charge is -2.34. The molecule has 1 aliphatic rings. The minimum atomic E-state index is -4.22. The monoisotopic (exact) mass is 434 g/mol. The molecule has 1 saturated heterocycles. The molecule has 0 unspecified atom stereocenters. The van der Waals surface area contributed by atoms with E-state index in [1.807, 2.05) is 30.3 Å². The summed E-state index contributed by atoms with van der Waals surface area (Å²) in [5.41, 5.74) is 1.71. The van der Waals surface area contributed by atoms with Gasteiger partial charge in [0.15, 0.2) is 0 Å². The zero-order valence-electron chi connectivity index (χ0n) is 17.0. The number of amides is 2. The largest absolute Gasteiger partial charge is 0.401 e. The van der Waals surface area contributed by atoms with Gasteiger partial charge < -0.3 is 10.6 Å². The van der Waals surface area contributed by atoms with Crippen molar-refractivity contribution in [3.8, 4) is 0 Å². The van der Waals surface area contributed by atoms with Crippen molar-refractivity contribution < 1.29 is 22.8 Å². The lowest BCUT2D eigenvalue weighted by atomic mass is 10.1. The topological polar surface area (TPSA) is 64.7 Å². The first-order chi connectivity index (χ1) is 14.8. The third kappa shape index (κ3) is 7.37. The van der Waals surface area contributed by atoms with Crippen LogP contribution in [-0.2, 0) is 11.3 Å². The van der Waals surface area contributed by atoms with Crippen LogP contribution in [0.5, 0.6) is 0 Å². The van der Waals surface area contributed by atoms with Gasteiger partial charge in [-0.1, -0.05) is 42.5 Å². The number of nitrogens with one attached hydrogen (secondary N) is 2. The van der Waals surface area contributed by atoms with Gasteiger partial charge in [-0.25, -0.2) is 0 Å². The highest BCUT2D eigenvalue weighted by atomic mass is 19.4. The molecule has 1 heterocycles. The first-order valence-electron chi connectivity index (χ1n) is 10.0. The van der Waals surface area contributed by atoms with E-state index in [2.05, 4.69) is 10.6 Å². The van der Waals surface area contributed by atoms with Crippen LogP contribution in [0, 0.1) is 0 Å². The van der Waals surface area contributed by atoms with Gasteiger partial charge in [-0.2, -0.15) is 13.2 Å². The first kappa shape index (κ1) is 22.8. The van der Waals surface area contributed by atoms with Crippen LogP contribution in [0.25, 0.3) is 0 Å². The minimum absolute atomic E-state index is 0.0554. The molecule has 0 bridgehead atoms. The summed E-state index contributed by atoms with van der Waals surface area (Å²) in [6.07, 6.45) is -4.22. The van der Waals surface area contributed by atoms with E-state index in [1.54, 1.807) is 29.2 Å². The van der Waals surface area contributed by atoms with Crippen molar-refractivity contribution in [2.45, 2.75) is 12.7 Å². The molecule has 2 N–H and O–H groups in total. The van der Waals surface area contributed by atoms with Gasteiger partial charge in [-0.15, -0.1) is 0 Å².